The van der Waals surface area contributed by atoms with Gasteiger partial charge in [0.15, 0.2) is 0 Å². The van der Waals surface area contributed by atoms with Crippen molar-refractivity contribution in [1.82, 2.24) is 0 Å². The number of ether oxygens (including phenoxy) is 3. The first-order valence-corrected chi connectivity index (χ1v) is 9.28. The monoisotopic (exact) mass is 384 g/mol. The van der Waals surface area contributed by atoms with E-state index in [0.717, 1.165) is 28.2 Å². The van der Waals surface area contributed by atoms with Crippen molar-refractivity contribution in [2.75, 3.05) is 7.11 Å². The summed E-state index contributed by atoms with van der Waals surface area (Å²) >= 11 is 0. The van der Waals surface area contributed by atoms with Crippen molar-refractivity contribution in [3.05, 3.63) is 107 Å². The first kappa shape index (κ1) is 18.6. The largest absolute Gasteiger partial charge is 0.497 e. The molecule has 0 atom stereocenters. The van der Waals surface area contributed by atoms with Crippen molar-refractivity contribution >= 4 is 17.8 Å². The molecule has 0 spiro atoms. The molecule has 0 saturated carbocycles. The quantitative estimate of drug-likeness (QED) is 0.430. The second kappa shape index (κ2) is 8.48. The number of methoxy groups -OCH3 is 1. The summed E-state index contributed by atoms with van der Waals surface area (Å²) in [4.78, 5) is 12.2. The minimum Gasteiger partial charge on any atom is -0.497 e. The van der Waals surface area contributed by atoms with E-state index in [0.29, 0.717) is 17.9 Å². The highest BCUT2D eigenvalue weighted by molar-refractivity contribution is 6.05. The van der Waals surface area contributed by atoms with Crippen LogP contribution in [0.2, 0.25) is 0 Å². The lowest BCUT2D eigenvalue weighted by molar-refractivity contribution is -0.130. The Hall–Kier alpha value is -3.79. The molecule has 0 bridgehead atoms. The van der Waals surface area contributed by atoms with Gasteiger partial charge in [-0.1, -0.05) is 42.5 Å². The summed E-state index contributed by atoms with van der Waals surface area (Å²) < 4.78 is 16.4. The molecule has 0 N–H and O–H groups in total. The zero-order chi connectivity index (χ0) is 20.1. The van der Waals surface area contributed by atoms with Gasteiger partial charge < -0.3 is 14.2 Å². The molecule has 1 heterocycles. The summed E-state index contributed by atoms with van der Waals surface area (Å²) in [6.07, 6.45) is 3.56. The van der Waals surface area contributed by atoms with E-state index >= 15 is 0 Å². The molecule has 0 aromatic heterocycles. The van der Waals surface area contributed by atoms with E-state index in [1.165, 1.54) is 0 Å². The zero-order valence-electron chi connectivity index (χ0n) is 16.0. The van der Waals surface area contributed by atoms with Gasteiger partial charge in [-0.2, -0.15) is 0 Å². The van der Waals surface area contributed by atoms with Gasteiger partial charge in [0.25, 0.3) is 0 Å². The lowest BCUT2D eigenvalue weighted by Gasteiger charge is -2.06. The van der Waals surface area contributed by atoms with Gasteiger partial charge in [-0.3, -0.25) is 0 Å². The smallest absolute Gasteiger partial charge is 0.343 e. The molecule has 4 nitrogen and oxygen atoms in total. The lowest BCUT2D eigenvalue weighted by Crippen LogP contribution is -1.97. The van der Waals surface area contributed by atoms with Crippen LogP contribution in [0.1, 0.15) is 16.7 Å². The molecule has 0 radical (unpaired) electrons. The number of benzene rings is 3. The van der Waals surface area contributed by atoms with Crippen molar-refractivity contribution in [2.45, 2.75) is 6.61 Å². The first-order valence-electron chi connectivity index (χ1n) is 9.28. The Kier molecular flexibility index (Phi) is 5.43. The molecular weight excluding hydrogens is 364 g/mol. The fourth-order valence-corrected chi connectivity index (χ4v) is 2.97. The van der Waals surface area contributed by atoms with Gasteiger partial charge in [0.2, 0.25) is 0 Å². The Balaban J connectivity index is 1.45. The second-order valence-electron chi connectivity index (χ2n) is 6.57. The van der Waals surface area contributed by atoms with Crippen LogP contribution in [0.15, 0.2) is 90.5 Å². The van der Waals surface area contributed by atoms with Gasteiger partial charge in [0, 0.05) is 5.56 Å². The van der Waals surface area contributed by atoms with E-state index in [2.05, 4.69) is 0 Å². The van der Waals surface area contributed by atoms with E-state index in [1.807, 2.05) is 78.9 Å². The average Bonchev–Trinajstić information content (AvgIpc) is 3.14. The molecule has 0 unspecified atom stereocenters. The van der Waals surface area contributed by atoms with Gasteiger partial charge in [0.05, 0.1) is 12.7 Å². The summed E-state index contributed by atoms with van der Waals surface area (Å²) in [7, 11) is 1.61. The third-order valence-electron chi connectivity index (χ3n) is 4.55. The standard InChI is InChI=1S/C25H20O4/c1-27-22-13-9-20(10-14-22)24-16-21(25(26)29-24)15-18-7-11-23(12-8-18)28-17-19-5-3-2-4-6-19/h2-16H,17H2,1H3/b21-15+. The maximum Gasteiger partial charge on any atom is 0.343 e. The Bertz CT molecular complexity index is 1050. The summed E-state index contributed by atoms with van der Waals surface area (Å²) in [6.45, 7) is 0.515. The SMILES string of the molecule is COc1ccc(C2=C/C(=C\c3ccc(OCc4ccccc4)cc3)C(=O)O2)cc1. The number of hydrogen-bond acceptors (Lipinski definition) is 4. The van der Waals surface area contributed by atoms with Crippen LogP contribution in [0, 0.1) is 0 Å². The van der Waals surface area contributed by atoms with E-state index in [9.17, 15) is 4.79 Å². The molecule has 144 valence electrons. The molecule has 0 aliphatic carbocycles. The number of carbonyl (C=O) groups is 1. The average molecular weight is 384 g/mol. The number of carbonyl (C=O) groups excluding carboxylic acids is 1. The number of hydrogen-bond donors (Lipinski definition) is 0. The normalized spacial score (nSPS) is 14.4. The Morgan fingerprint density at radius 1 is 0.862 bits per heavy atom. The molecule has 0 fully saturated rings. The van der Waals surface area contributed by atoms with Crippen LogP contribution < -0.4 is 9.47 Å². The van der Waals surface area contributed by atoms with Crippen LogP contribution in [0.3, 0.4) is 0 Å². The van der Waals surface area contributed by atoms with Gasteiger partial charge in [-0.25, -0.2) is 4.79 Å². The molecule has 4 heteroatoms. The maximum absolute atomic E-state index is 12.2. The van der Waals surface area contributed by atoms with E-state index in [-0.39, 0.29) is 5.97 Å². The molecule has 1 aliphatic rings. The fraction of sp³-hybridized carbons (Fsp3) is 0.0800. The van der Waals surface area contributed by atoms with Crippen LogP contribution in [-0.2, 0) is 16.1 Å². The van der Waals surface area contributed by atoms with E-state index in [1.54, 1.807) is 19.3 Å². The predicted octanol–water partition coefficient (Wildman–Crippen LogP) is 5.26. The van der Waals surface area contributed by atoms with Crippen molar-refractivity contribution in [3.63, 3.8) is 0 Å². The highest BCUT2D eigenvalue weighted by Crippen LogP contribution is 2.28. The van der Waals surface area contributed by atoms with E-state index in [4.69, 9.17) is 14.2 Å². The second-order valence-corrected chi connectivity index (χ2v) is 6.57. The van der Waals surface area contributed by atoms with Gasteiger partial charge in [-0.05, 0) is 59.7 Å². The van der Waals surface area contributed by atoms with Crippen LogP contribution in [-0.4, -0.2) is 13.1 Å². The third-order valence-corrected chi connectivity index (χ3v) is 4.55. The molecule has 0 amide bonds. The van der Waals surface area contributed by atoms with Gasteiger partial charge in [0.1, 0.15) is 23.9 Å². The van der Waals surface area contributed by atoms with Crippen LogP contribution in [0.4, 0.5) is 0 Å². The minimum atomic E-state index is -0.361. The molecule has 29 heavy (non-hydrogen) atoms. The highest BCUT2D eigenvalue weighted by atomic mass is 16.5. The van der Waals surface area contributed by atoms with E-state index < -0.39 is 0 Å². The summed E-state index contributed by atoms with van der Waals surface area (Å²) in [5.74, 6) is 1.70. The fourth-order valence-electron chi connectivity index (χ4n) is 2.97. The Labute approximate surface area is 169 Å². The van der Waals surface area contributed by atoms with Crippen LogP contribution >= 0.6 is 0 Å². The molecule has 3 aromatic carbocycles. The summed E-state index contributed by atoms with van der Waals surface area (Å²) in [5.41, 5.74) is 3.35. The molecule has 0 saturated heterocycles. The number of esters is 1. The Morgan fingerprint density at radius 2 is 1.55 bits per heavy atom. The van der Waals surface area contributed by atoms with Crippen LogP contribution in [0.25, 0.3) is 11.8 Å². The highest BCUT2D eigenvalue weighted by Gasteiger charge is 2.21. The number of cyclic esters (lactones) is 1. The van der Waals surface area contributed by atoms with Crippen molar-refractivity contribution in [1.29, 1.82) is 0 Å². The topological polar surface area (TPSA) is 44.8 Å². The molecule has 4 rings (SSSR count). The molecular formula is C25H20O4. The Morgan fingerprint density at radius 3 is 2.24 bits per heavy atom. The van der Waals surface area contributed by atoms with Crippen molar-refractivity contribution in [2.24, 2.45) is 0 Å². The van der Waals surface area contributed by atoms with Crippen LogP contribution in [0.5, 0.6) is 11.5 Å². The predicted molar refractivity (Wildman–Crippen MR) is 112 cm³/mol. The first-order chi connectivity index (χ1) is 14.2. The summed E-state index contributed by atoms with van der Waals surface area (Å²) in [6, 6.07) is 25.0. The molecule has 1 aliphatic heterocycles. The minimum absolute atomic E-state index is 0.361. The third kappa shape index (κ3) is 4.55. The lowest BCUT2D eigenvalue weighted by atomic mass is 10.1. The maximum atomic E-state index is 12.2. The zero-order valence-corrected chi connectivity index (χ0v) is 16.0. The number of rotatable bonds is 6. The van der Waals surface area contributed by atoms with Gasteiger partial charge >= 0.3 is 5.97 Å². The van der Waals surface area contributed by atoms with Crippen molar-refractivity contribution in [3.8, 4) is 11.5 Å². The van der Waals surface area contributed by atoms with Crippen molar-refractivity contribution < 1.29 is 19.0 Å². The summed E-state index contributed by atoms with van der Waals surface area (Å²) in [5, 5.41) is 0. The molecule has 3 aromatic rings. The van der Waals surface area contributed by atoms with Gasteiger partial charge in [-0.15, -0.1) is 0 Å².